The molecule has 0 aliphatic heterocycles. The average molecular weight is 409 g/mol. The van der Waals surface area contributed by atoms with Gasteiger partial charge in [-0.2, -0.15) is 18.3 Å². The molecule has 2 aromatic rings. The molecule has 8 heteroatoms. The minimum absolute atomic E-state index is 0.0870. The van der Waals surface area contributed by atoms with E-state index in [0.717, 1.165) is 4.68 Å². The number of halogens is 5. The van der Waals surface area contributed by atoms with Crippen molar-refractivity contribution in [2.45, 2.75) is 13.1 Å². The molecular weight excluding hydrogens is 391 g/mol. The van der Waals surface area contributed by atoms with Gasteiger partial charge in [-0.05, 0) is 43.5 Å². The van der Waals surface area contributed by atoms with Crippen molar-refractivity contribution in [1.82, 2.24) is 9.78 Å². The summed E-state index contributed by atoms with van der Waals surface area (Å²) in [5.41, 5.74) is 1.01. The highest BCUT2D eigenvalue weighted by Gasteiger charge is 2.39. The minimum atomic E-state index is -4.58. The molecule has 2 rings (SSSR count). The van der Waals surface area contributed by atoms with Crippen molar-refractivity contribution >= 4 is 42.5 Å². The first kappa shape index (κ1) is 20.2. The van der Waals surface area contributed by atoms with Crippen LogP contribution < -0.4 is 0 Å². The zero-order valence-corrected chi connectivity index (χ0v) is 16.7. The van der Waals surface area contributed by atoms with Crippen molar-refractivity contribution in [3.8, 4) is 11.3 Å². The molecule has 0 aliphatic rings. The Morgan fingerprint density at radius 1 is 1.24 bits per heavy atom. The predicted molar refractivity (Wildman–Crippen MR) is 103 cm³/mol. The molecule has 0 bridgehead atoms. The minimum Gasteiger partial charge on any atom is -0.262 e. The first-order chi connectivity index (χ1) is 11.3. The van der Waals surface area contributed by atoms with E-state index in [1.165, 1.54) is 7.05 Å². The van der Waals surface area contributed by atoms with Gasteiger partial charge in [-0.1, -0.05) is 48.3 Å². The van der Waals surface area contributed by atoms with Gasteiger partial charge in [0.2, 0.25) is 0 Å². The maximum absolute atomic E-state index is 13.2. The lowest BCUT2D eigenvalue weighted by Gasteiger charge is -2.10. The van der Waals surface area contributed by atoms with Crippen LogP contribution in [0.3, 0.4) is 0 Å². The second-order valence-electron chi connectivity index (χ2n) is 6.42. The molecule has 0 saturated heterocycles. The van der Waals surface area contributed by atoms with E-state index in [2.05, 4.69) is 11.4 Å². The SMILES string of the molecule is C=P(C)(C)/C=C/c1cc(-c2nn(C)c(C(F)(F)F)c2Cl)c(C)cc1Cl. The number of aryl methyl sites for hydroxylation is 2. The van der Waals surface area contributed by atoms with Crippen LogP contribution in [0.1, 0.15) is 16.8 Å². The largest absolute Gasteiger partial charge is 0.434 e. The fraction of sp³-hybridized carbons (Fsp3) is 0.294. The van der Waals surface area contributed by atoms with E-state index in [9.17, 15) is 13.2 Å². The number of alkyl halides is 3. The normalized spacial score (nSPS) is 13.0. The Kier molecular flexibility index (Phi) is 5.53. The molecule has 1 aromatic carbocycles. The van der Waals surface area contributed by atoms with Gasteiger partial charge >= 0.3 is 6.18 Å². The number of hydrogen-bond acceptors (Lipinski definition) is 1. The van der Waals surface area contributed by atoms with Crippen LogP contribution in [0.2, 0.25) is 10.0 Å². The number of aromatic nitrogens is 2. The second-order valence-corrected chi connectivity index (χ2v) is 11.1. The summed E-state index contributed by atoms with van der Waals surface area (Å²) in [6.45, 7) is 4.42. The average Bonchev–Trinajstić information content (AvgIpc) is 2.71. The van der Waals surface area contributed by atoms with Gasteiger partial charge in [0.05, 0.1) is 5.02 Å². The summed E-state index contributed by atoms with van der Waals surface area (Å²) in [4.78, 5) is 0. The van der Waals surface area contributed by atoms with E-state index < -0.39 is 23.8 Å². The van der Waals surface area contributed by atoms with Crippen LogP contribution in [0.4, 0.5) is 13.2 Å². The van der Waals surface area contributed by atoms with Crippen LogP contribution in [0, 0.1) is 6.92 Å². The number of nitrogens with zero attached hydrogens (tertiary/aromatic N) is 2. The fourth-order valence-corrected chi connectivity index (χ4v) is 3.55. The Bertz CT molecular complexity index is 892. The molecule has 0 saturated carbocycles. The third-order valence-electron chi connectivity index (χ3n) is 3.51. The molecule has 136 valence electrons. The van der Waals surface area contributed by atoms with Gasteiger partial charge in [0.1, 0.15) is 5.69 Å². The third kappa shape index (κ3) is 4.52. The summed E-state index contributed by atoms with van der Waals surface area (Å²) < 4.78 is 40.2. The first-order valence-electron chi connectivity index (χ1n) is 7.28. The van der Waals surface area contributed by atoms with Crippen LogP contribution in [0.25, 0.3) is 17.3 Å². The standard InChI is InChI=1S/C17H18Cl2F3N2P/c1-10-8-13(18)11(6-7-25(3,4)5)9-12(10)15-14(19)16(17(20,21)22)24(2)23-15/h6-9H,3H2,1-2,4-5H3/b7-6+. The lowest BCUT2D eigenvalue weighted by molar-refractivity contribution is -0.143. The summed E-state index contributed by atoms with van der Waals surface area (Å²) in [5, 5.41) is 4.07. The Hall–Kier alpha value is -1.16. The summed E-state index contributed by atoms with van der Waals surface area (Å²) >= 11 is 12.3. The van der Waals surface area contributed by atoms with Crippen molar-refractivity contribution in [3.63, 3.8) is 0 Å². The van der Waals surface area contributed by atoms with Crippen molar-refractivity contribution in [3.05, 3.63) is 44.8 Å². The molecule has 1 heterocycles. The summed E-state index contributed by atoms with van der Waals surface area (Å²) in [7, 11) is 1.22. The molecule has 0 amide bonds. The lowest BCUT2D eigenvalue weighted by atomic mass is 10.0. The van der Waals surface area contributed by atoms with Gasteiger partial charge in [-0.25, -0.2) is 0 Å². The van der Waals surface area contributed by atoms with Crippen LogP contribution in [-0.2, 0) is 13.2 Å². The number of benzene rings is 1. The molecule has 0 aliphatic carbocycles. The van der Waals surface area contributed by atoms with Crippen molar-refractivity contribution in [2.75, 3.05) is 13.3 Å². The molecule has 0 unspecified atom stereocenters. The van der Waals surface area contributed by atoms with Crippen molar-refractivity contribution < 1.29 is 13.2 Å². The second kappa shape index (κ2) is 6.86. The van der Waals surface area contributed by atoms with Crippen LogP contribution in [0.15, 0.2) is 17.9 Å². The molecule has 2 nitrogen and oxygen atoms in total. The Morgan fingerprint density at radius 3 is 2.32 bits per heavy atom. The molecule has 0 atom stereocenters. The van der Waals surface area contributed by atoms with Gasteiger partial charge in [-0.3, -0.25) is 4.68 Å². The van der Waals surface area contributed by atoms with Crippen LogP contribution in [0.5, 0.6) is 0 Å². The Balaban J connectivity index is 2.65. The highest BCUT2D eigenvalue weighted by molar-refractivity contribution is 7.75. The number of rotatable bonds is 3. The smallest absolute Gasteiger partial charge is 0.262 e. The lowest BCUT2D eigenvalue weighted by Crippen LogP contribution is -2.12. The third-order valence-corrected chi connectivity index (χ3v) is 5.16. The molecular formula is C17H18Cl2F3N2P. The van der Waals surface area contributed by atoms with E-state index in [4.69, 9.17) is 23.2 Å². The summed E-state index contributed by atoms with van der Waals surface area (Å²) in [6.07, 6.45) is 1.35. The molecule has 0 fully saturated rings. The highest BCUT2D eigenvalue weighted by Crippen LogP contribution is 2.42. The summed E-state index contributed by atoms with van der Waals surface area (Å²) in [5.74, 6) is 1.98. The fourth-order valence-electron chi connectivity index (χ4n) is 2.33. The van der Waals surface area contributed by atoms with Crippen LogP contribution in [-0.4, -0.2) is 29.4 Å². The van der Waals surface area contributed by atoms with E-state index in [1.807, 2.05) is 25.2 Å². The van der Waals surface area contributed by atoms with Crippen LogP contribution >= 0.6 is 30.1 Å². The van der Waals surface area contributed by atoms with Gasteiger partial charge in [0.15, 0.2) is 5.69 Å². The van der Waals surface area contributed by atoms with E-state index in [0.29, 0.717) is 21.7 Å². The first-order valence-corrected chi connectivity index (χ1v) is 11.0. The van der Waals surface area contributed by atoms with Gasteiger partial charge in [0.25, 0.3) is 0 Å². The topological polar surface area (TPSA) is 17.8 Å². The molecule has 0 radical (unpaired) electrons. The van der Waals surface area contributed by atoms with E-state index in [-0.39, 0.29) is 5.69 Å². The molecule has 0 spiro atoms. The predicted octanol–water partition coefficient (Wildman–Crippen LogP) is 6.40. The van der Waals surface area contributed by atoms with Crippen molar-refractivity contribution in [1.29, 1.82) is 0 Å². The molecule has 25 heavy (non-hydrogen) atoms. The monoisotopic (exact) mass is 408 g/mol. The maximum Gasteiger partial charge on any atom is 0.434 e. The molecule has 0 N–H and O–H groups in total. The quantitative estimate of drug-likeness (QED) is 0.537. The van der Waals surface area contributed by atoms with Crippen molar-refractivity contribution in [2.24, 2.45) is 7.05 Å². The number of hydrogen-bond donors (Lipinski definition) is 0. The van der Waals surface area contributed by atoms with E-state index >= 15 is 0 Å². The highest BCUT2D eigenvalue weighted by atomic mass is 35.5. The maximum atomic E-state index is 13.2. The van der Waals surface area contributed by atoms with Gasteiger partial charge < -0.3 is 0 Å². The zero-order chi connectivity index (χ0) is 19.2. The van der Waals surface area contributed by atoms with Gasteiger partial charge in [-0.15, -0.1) is 0 Å². The zero-order valence-electron chi connectivity index (χ0n) is 14.2. The van der Waals surface area contributed by atoms with E-state index in [1.54, 1.807) is 19.1 Å². The van der Waals surface area contributed by atoms with Gasteiger partial charge in [0, 0.05) is 17.6 Å². The summed E-state index contributed by atoms with van der Waals surface area (Å²) in [6, 6.07) is 3.40. The Morgan fingerprint density at radius 2 is 1.84 bits per heavy atom. The molecule has 1 aromatic heterocycles. The Labute approximate surface area is 155 Å².